The van der Waals surface area contributed by atoms with Crippen LogP contribution in [0.5, 0.6) is 5.75 Å². The predicted molar refractivity (Wildman–Crippen MR) is 114 cm³/mol. The molecule has 3 rings (SSSR count). The Labute approximate surface area is 185 Å². The van der Waals surface area contributed by atoms with Gasteiger partial charge in [0.1, 0.15) is 18.1 Å². The third-order valence-corrected chi connectivity index (χ3v) is 3.96. The summed E-state index contributed by atoms with van der Waals surface area (Å²) >= 11 is 0. The molecule has 0 unspecified atom stereocenters. The molecule has 0 fully saturated rings. The molecule has 0 aliphatic heterocycles. The third-order valence-electron chi connectivity index (χ3n) is 3.96. The van der Waals surface area contributed by atoms with Crippen molar-refractivity contribution in [2.75, 3.05) is 22.5 Å². The van der Waals surface area contributed by atoms with Crippen molar-refractivity contribution in [3.05, 3.63) is 54.6 Å². The predicted octanol–water partition coefficient (Wildman–Crippen LogP) is 4.24. The minimum absolute atomic E-state index is 0.0468. The zero-order chi connectivity index (χ0) is 24.0. The van der Waals surface area contributed by atoms with Crippen LogP contribution in [0.1, 0.15) is 6.92 Å². The van der Waals surface area contributed by atoms with Crippen LogP contribution in [0.25, 0.3) is 11.3 Å². The molecule has 0 aliphatic rings. The molecule has 1 amide bonds. The smallest absolute Gasteiger partial charge is 0.480 e. The van der Waals surface area contributed by atoms with Crippen LogP contribution >= 0.6 is 0 Å². The molecule has 1 heterocycles. The van der Waals surface area contributed by atoms with Gasteiger partial charge in [-0.25, -0.2) is 4.98 Å². The Morgan fingerprint density at radius 2 is 1.73 bits per heavy atom. The standard InChI is InChI=1S/C21H18F3N5O4/c1-12(30)26-14-5-7-15(8-6-14)27-18-10-17(28-20(29-18)25-11-19(31)32)13-3-2-4-16(9-13)33-21(22,23)24/h2-10H,11H2,1H3,(H,26,30)(H,31,32)(H2,25,27,28,29). The zero-order valence-corrected chi connectivity index (χ0v) is 17.1. The Morgan fingerprint density at radius 1 is 1.03 bits per heavy atom. The fourth-order valence-corrected chi connectivity index (χ4v) is 2.73. The molecule has 172 valence electrons. The van der Waals surface area contributed by atoms with Crippen molar-refractivity contribution < 1.29 is 32.6 Å². The Bertz CT molecular complexity index is 1150. The summed E-state index contributed by atoms with van der Waals surface area (Å²) < 4.78 is 41.7. The van der Waals surface area contributed by atoms with Crippen LogP contribution < -0.4 is 20.7 Å². The van der Waals surface area contributed by atoms with E-state index < -0.39 is 24.6 Å². The monoisotopic (exact) mass is 461 g/mol. The summed E-state index contributed by atoms with van der Waals surface area (Å²) in [7, 11) is 0. The summed E-state index contributed by atoms with van der Waals surface area (Å²) in [5, 5.41) is 17.1. The maximum atomic E-state index is 12.6. The number of aliphatic carboxylic acids is 1. The number of rotatable bonds is 8. The van der Waals surface area contributed by atoms with Crippen LogP contribution in [-0.2, 0) is 9.59 Å². The Balaban J connectivity index is 1.92. The lowest BCUT2D eigenvalue weighted by Gasteiger charge is -2.13. The van der Waals surface area contributed by atoms with Crippen molar-refractivity contribution in [3.8, 4) is 17.0 Å². The van der Waals surface area contributed by atoms with E-state index >= 15 is 0 Å². The van der Waals surface area contributed by atoms with Crippen molar-refractivity contribution in [1.29, 1.82) is 0 Å². The highest BCUT2D eigenvalue weighted by Gasteiger charge is 2.31. The van der Waals surface area contributed by atoms with Crippen LogP contribution in [0.15, 0.2) is 54.6 Å². The Morgan fingerprint density at radius 3 is 2.36 bits per heavy atom. The molecule has 0 saturated carbocycles. The summed E-state index contributed by atoms with van der Waals surface area (Å²) in [5.74, 6) is -1.59. The molecule has 1 aromatic heterocycles. The number of carboxylic acid groups (broad SMARTS) is 1. The quantitative estimate of drug-likeness (QED) is 0.393. The molecule has 0 saturated heterocycles. The minimum atomic E-state index is -4.85. The normalized spacial score (nSPS) is 10.9. The fraction of sp³-hybridized carbons (Fsp3) is 0.143. The van der Waals surface area contributed by atoms with Gasteiger partial charge in [-0.15, -0.1) is 13.2 Å². The average Bonchev–Trinajstić information content (AvgIpc) is 2.72. The Kier molecular flexibility index (Phi) is 6.96. The molecule has 0 spiro atoms. The number of anilines is 4. The minimum Gasteiger partial charge on any atom is -0.480 e. The number of carbonyl (C=O) groups is 2. The first-order valence-corrected chi connectivity index (χ1v) is 9.43. The van der Waals surface area contributed by atoms with Crippen LogP contribution in [0.4, 0.5) is 36.3 Å². The number of nitrogens with zero attached hydrogens (tertiary/aromatic N) is 2. The van der Waals surface area contributed by atoms with Gasteiger partial charge in [-0.2, -0.15) is 4.98 Å². The number of alkyl halides is 3. The van der Waals surface area contributed by atoms with E-state index in [-0.39, 0.29) is 23.4 Å². The molecule has 33 heavy (non-hydrogen) atoms. The van der Waals surface area contributed by atoms with E-state index in [4.69, 9.17) is 5.11 Å². The number of nitrogens with one attached hydrogen (secondary N) is 3. The third kappa shape index (κ3) is 7.38. The number of hydrogen-bond donors (Lipinski definition) is 4. The molecule has 0 aliphatic carbocycles. The lowest BCUT2D eigenvalue weighted by molar-refractivity contribution is -0.274. The van der Waals surface area contributed by atoms with Crippen molar-refractivity contribution >= 4 is 35.0 Å². The van der Waals surface area contributed by atoms with Crippen LogP contribution in [0.3, 0.4) is 0 Å². The highest BCUT2D eigenvalue weighted by atomic mass is 19.4. The van der Waals surface area contributed by atoms with E-state index in [1.54, 1.807) is 24.3 Å². The second-order valence-corrected chi connectivity index (χ2v) is 6.67. The fourth-order valence-electron chi connectivity index (χ4n) is 2.73. The molecule has 12 heteroatoms. The summed E-state index contributed by atoms with van der Waals surface area (Å²) in [6.07, 6.45) is -4.85. The van der Waals surface area contributed by atoms with E-state index in [1.807, 2.05) is 0 Å². The molecule has 0 atom stereocenters. The van der Waals surface area contributed by atoms with Gasteiger partial charge in [-0.3, -0.25) is 9.59 Å². The first kappa shape index (κ1) is 23.3. The molecule has 2 aromatic carbocycles. The van der Waals surface area contributed by atoms with Gasteiger partial charge in [-0.05, 0) is 36.4 Å². The number of benzene rings is 2. The summed E-state index contributed by atoms with van der Waals surface area (Å²) in [4.78, 5) is 30.4. The Hall–Kier alpha value is -4.35. The number of amides is 1. The number of carbonyl (C=O) groups excluding carboxylic acids is 1. The van der Waals surface area contributed by atoms with Crippen molar-refractivity contribution in [2.45, 2.75) is 13.3 Å². The van der Waals surface area contributed by atoms with E-state index in [2.05, 4.69) is 30.7 Å². The average molecular weight is 461 g/mol. The second-order valence-electron chi connectivity index (χ2n) is 6.67. The topological polar surface area (TPSA) is 125 Å². The van der Waals surface area contributed by atoms with Crippen molar-refractivity contribution in [1.82, 2.24) is 9.97 Å². The lowest BCUT2D eigenvalue weighted by Crippen LogP contribution is -2.17. The number of aromatic nitrogens is 2. The molecule has 0 bridgehead atoms. The highest BCUT2D eigenvalue weighted by molar-refractivity contribution is 5.88. The first-order chi connectivity index (χ1) is 15.6. The van der Waals surface area contributed by atoms with Crippen LogP contribution in [0.2, 0.25) is 0 Å². The maximum absolute atomic E-state index is 12.6. The van der Waals surface area contributed by atoms with Gasteiger partial charge in [0.2, 0.25) is 11.9 Å². The molecule has 0 radical (unpaired) electrons. The van der Waals surface area contributed by atoms with Gasteiger partial charge in [0, 0.05) is 29.9 Å². The van der Waals surface area contributed by atoms with Crippen molar-refractivity contribution in [2.24, 2.45) is 0 Å². The van der Waals surface area contributed by atoms with Gasteiger partial charge in [0.25, 0.3) is 0 Å². The summed E-state index contributed by atoms with van der Waals surface area (Å²) in [5.41, 5.74) is 1.69. The van der Waals surface area contributed by atoms with E-state index in [9.17, 15) is 22.8 Å². The van der Waals surface area contributed by atoms with Gasteiger partial charge < -0.3 is 25.8 Å². The van der Waals surface area contributed by atoms with Crippen LogP contribution in [-0.4, -0.2) is 39.9 Å². The van der Waals surface area contributed by atoms with Gasteiger partial charge >= 0.3 is 12.3 Å². The van der Waals surface area contributed by atoms with Gasteiger partial charge in [-0.1, -0.05) is 12.1 Å². The number of carboxylic acids is 1. The molecular weight excluding hydrogens is 443 g/mol. The molecule has 4 N–H and O–H groups in total. The molecule has 9 nitrogen and oxygen atoms in total. The van der Waals surface area contributed by atoms with E-state index in [1.165, 1.54) is 25.1 Å². The second kappa shape index (κ2) is 9.85. The summed E-state index contributed by atoms with van der Waals surface area (Å²) in [6.45, 7) is 0.917. The van der Waals surface area contributed by atoms with Crippen LogP contribution in [0, 0.1) is 0 Å². The highest BCUT2D eigenvalue weighted by Crippen LogP contribution is 2.29. The first-order valence-electron chi connectivity index (χ1n) is 9.43. The van der Waals surface area contributed by atoms with Crippen molar-refractivity contribution in [3.63, 3.8) is 0 Å². The van der Waals surface area contributed by atoms with Gasteiger partial charge in [0.05, 0.1) is 5.69 Å². The SMILES string of the molecule is CC(=O)Nc1ccc(Nc2cc(-c3cccc(OC(F)(F)F)c3)nc(NCC(=O)O)n2)cc1. The lowest BCUT2D eigenvalue weighted by atomic mass is 10.1. The van der Waals surface area contributed by atoms with Gasteiger partial charge in [0.15, 0.2) is 0 Å². The summed E-state index contributed by atoms with van der Waals surface area (Å²) in [6, 6.07) is 13.4. The number of ether oxygens (including phenoxy) is 1. The zero-order valence-electron chi connectivity index (χ0n) is 17.1. The maximum Gasteiger partial charge on any atom is 0.573 e. The van der Waals surface area contributed by atoms with E-state index in [0.717, 1.165) is 12.1 Å². The number of hydrogen-bond acceptors (Lipinski definition) is 7. The molecule has 3 aromatic rings. The number of halogens is 3. The largest absolute Gasteiger partial charge is 0.573 e. The van der Waals surface area contributed by atoms with E-state index in [0.29, 0.717) is 16.9 Å². The molecular formula is C21H18F3N5O4.